The molecule has 0 aliphatic carbocycles. The maximum Gasteiger partial charge on any atom is 0.425 e. The van der Waals surface area contributed by atoms with E-state index in [2.05, 4.69) is 16.1 Å². The second-order valence-electron chi connectivity index (χ2n) is 6.78. The number of rotatable bonds is 3. The summed E-state index contributed by atoms with van der Waals surface area (Å²) in [4.78, 5) is -0.250. The molecule has 0 unspecified atom stereocenters. The lowest BCUT2D eigenvalue weighted by Crippen LogP contribution is -2.56. The normalized spacial score (nSPS) is 32.4. The van der Waals surface area contributed by atoms with Crippen LogP contribution >= 0.6 is 11.3 Å². The van der Waals surface area contributed by atoms with Gasteiger partial charge < -0.3 is 25.9 Å². The van der Waals surface area contributed by atoms with Crippen LogP contribution in [0.2, 0.25) is 0 Å². The number of thiophene rings is 1. The van der Waals surface area contributed by atoms with Crippen LogP contribution in [-0.2, 0) is 16.5 Å². The van der Waals surface area contributed by atoms with E-state index >= 15 is 0 Å². The fourth-order valence-corrected chi connectivity index (χ4v) is 5.06. The number of nitrogens with one attached hydrogen (secondary N) is 3. The summed E-state index contributed by atoms with van der Waals surface area (Å²) in [5, 5.41) is 16.5. The number of halogens is 3. The summed E-state index contributed by atoms with van der Waals surface area (Å²) in [5.41, 5.74) is 2.75. The van der Waals surface area contributed by atoms with Crippen molar-refractivity contribution in [1.29, 1.82) is 0 Å². The molecule has 10 heteroatoms. The van der Waals surface area contributed by atoms with Crippen LogP contribution in [0, 0.1) is 0 Å². The largest absolute Gasteiger partial charge is 0.425 e. The Bertz CT molecular complexity index is 694. The van der Waals surface area contributed by atoms with Gasteiger partial charge in [0.05, 0.1) is 18.3 Å². The van der Waals surface area contributed by atoms with Gasteiger partial charge in [0, 0.05) is 36.2 Å². The van der Waals surface area contributed by atoms with Crippen molar-refractivity contribution in [2.75, 3.05) is 13.7 Å². The highest BCUT2D eigenvalue weighted by Gasteiger charge is 2.49. The first-order valence-electron chi connectivity index (χ1n) is 8.33. The zero-order chi connectivity index (χ0) is 19.1. The second kappa shape index (κ2) is 7.01. The minimum absolute atomic E-state index is 0.0121. The minimum Gasteiger partial charge on any atom is -0.392 e. The number of aliphatic hydroxyl groups excluding tert-OH is 1. The van der Waals surface area contributed by atoms with Crippen LogP contribution in [0.5, 0.6) is 0 Å². The smallest absolute Gasteiger partial charge is 0.392 e. The van der Waals surface area contributed by atoms with Gasteiger partial charge in [0.15, 0.2) is 0 Å². The van der Waals surface area contributed by atoms with Crippen LogP contribution in [0.15, 0.2) is 18.0 Å². The van der Waals surface area contributed by atoms with Gasteiger partial charge in [-0.1, -0.05) is 0 Å². The molecule has 6 nitrogen and oxygen atoms in total. The molecule has 0 radical (unpaired) electrons. The molecule has 2 aliphatic rings. The van der Waals surface area contributed by atoms with E-state index in [9.17, 15) is 18.3 Å². The number of hydrazine groups is 1. The number of fused-ring (bicyclic) bond motifs is 2. The summed E-state index contributed by atoms with van der Waals surface area (Å²) >= 11 is 0.664. The molecular formula is C16H23F3N4O2S. The van der Waals surface area contributed by atoms with Gasteiger partial charge in [-0.15, -0.1) is 11.3 Å². The maximum absolute atomic E-state index is 13.2. The van der Waals surface area contributed by atoms with Crippen LogP contribution in [-0.4, -0.2) is 30.8 Å². The van der Waals surface area contributed by atoms with Gasteiger partial charge >= 0.3 is 6.18 Å². The summed E-state index contributed by atoms with van der Waals surface area (Å²) in [6.07, 6.45) is -2.87. The van der Waals surface area contributed by atoms with E-state index in [0.29, 0.717) is 40.3 Å². The Kier molecular flexibility index (Phi) is 5.24. The van der Waals surface area contributed by atoms with Gasteiger partial charge in [0.2, 0.25) is 0 Å². The monoisotopic (exact) mass is 392 g/mol. The van der Waals surface area contributed by atoms with Crippen molar-refractivity contribution in [3.63, 3.8) is 0 Å². The van der Waals surface area contributed by atoms with Gasteiger partial charge in [0.1, 0.15) is 16.6 Å². The van der Waals surface area contributed by atoms with Gasteiger partial charge in [-0.3, -0.25) is 5.84 Å². The second-order valence-corrected chi connectivity index (χ2v) is 7.83. The number of alkyl halides is 3. The summed E-state index contributed by atoms with van der Waals surface area (Å²) in [7, 11) is 1.74. The van der Waals surface area contributed by atoms with Crippen molar-refractivity contribution in [1.82, 2.24) is 16.1 Å². The highest BCUT2D eigenvalue weighted by molar-refractivity contribution is 7.12. The molecule has 1 aromatic heterocycles. The number of hydrogen-bond acceptors (Lipinski definition) is 7. The van der Waals surface area contributed by atoms with Crippen molar-refractivity contribution >= 4 is 11.3 Å². The molecular weight excluding hydrogens is 369 g/mol. The van der Waals surface area contributed by atoms with Crippen LogP contribution in [0.25, 0.3) is 0 Å². The van der Waals surface area contributed by atoms with Crippen LogP contribution in [0.3, 0.4) is 0 Å². The Labute approximate surface area is 153 Å². The number of hydrogen-bond donors (Lipinski definition) is 5. The quantitative estimate of drug-likeness (QED) is 0.397. The first-order chi connectivity index (χ1) is 12.2. The first-order valence-corrected chi connectivity index (χ1v) is 9.15. The predicted molar refractivity (Wildman–Crippen MR) is 92.0 cm³/mol. The summed E-state index contributed by atoms with van der Waals surface area (Å²) in [5.74, 6) is 5.61. The molecule has 0 saturated carbocycles. The van der Waals surface area contributed by atoms with Crippen LogP contribution < -0.4 is 21.9 Å². The summed E-state index contributed by atoms with van der Waals surface area (Å²) < 4.78 is 45.7. The van der Waals surface area contributed by atoms with Crippen molar-refractivity contribution in [2.45, 2.75) is 49.7 Å². The molecule has 6 N–H and O–H groups in total. The zero-order valence-corrected chi connectivity index (χ0v) is 15.3. The molecule has 0 bridgehead atoms. The Morgan fingerprint density at radius 3 is 2.85 bits per heavy atom. The zero-order valence-electron chi connectivity index (χ0n) is 14.5. The average Bonchev–Trinajstić information content (AvgIpc) is 3.03. The molecule has 2 aliphatic heterocycles. The number of nitrogens with two attached hydrogens (primary N) is 1. The SMILES string of the molecule is CN/C=C(\NN)[C@@H]1C[C@]2(C[C@H](C)N1)OC[C@@H](O)c1cc(C(F)(F)F)sc12. The molecule has 1 saturated heterocycles. The molecule has 0 aromatic carbocycles. The Morgan fingerprint density at radius 2 is 2.23 bits per heavy atom. The molecule has 146 valence electrons. The lowest BCUT2D eigenvalue weighted by atomic mass is 9.78. The van der Waals surface area contributed by atoms with Gasteiger partial charge in [-0.05, 0) is 19.4 Å². The van der Waals surface area contributed by atoms with E-state index in [0.717, 1.165) is 6.07 Å². The topological polar surface area (TPSA) is 91.6 Å². The first kappa shape index (κ1) is 19.4. The fourth-order valence-electron chi connectivity index (χ4n) is 3.81. The van der Waals surface area contributed by atoms with Gasteiger partial charge in [-0.25, -0.2) is 0 Å². The van der Waals surface area contributed by atoms with E-state index in [1.807, 2.05) is 6.92 Å². The molecule has 3 heterocycles. The number of aliphatic hydroxyl groups is 1. The maximum atomic E-state index is 13.2. The van der Waals surface area contributed by atoms with Gasteiger partial charge in [-0.2, -0.15) is 13.2 Å². The third-order valence-corrected chi connectivity index (χ3v) is 6.21. The fraction of sp³-hybridized carbons (Fsp3) is 0.625. The molecule has 1 aromatic rings. The average molecular weight is 392 g/mol. The number of ether oxygens (including phenoxy) is 1. The molecule has 1 fully saturated rings. The molecule has 26 heavy (non-hydrogen) atoms. The van der Waals surface area contributed by atoms with Gasteiger partial charge in [0.25, 0.3) is 0 Å². The van der Waals surface area contributed by atoms with E-state index in [1.54, 1.807) is 13.2 Å². The summed E-state index contributed by atoms with van der Waals surface area (Å²) in [6.45, 7) is 1.93. The molecule has 1 spiro atoms. The lowest BCUT2D eigenvalue weighted by molar-refractivity contribution is -0.134. The standard InChI is InChI=1S/C16H23F3N4O2S/c1-8-4-15(5-10(22-8)11(23-20)6-21-2)14-9(12(24)7-25-15)3-13(26-14)16(17,18)19/h3,6,8,10,12,21-24H,4-5,7,20H2,1-2H3/b11-6-/t8-,10-,12+,15-/m0/s1. The van der Waals surface area contributed by atoms with E-state index in [1.165, 1.54) is 0 Å². The molecule has 4 atom stereocenters. The van der Waals surface area contributed by atoms with Crippen molar-refractivity contribution in [2.24, 2.45) is 5.84 Å². The molecule has 0 amide bonds. The van der Waals surface area contributed by atoms with Crippen LogP contribution in [0.4, 0.5) is 13.2 Å². The third kappa shape index (κ3) is 3.44. The highest BCUT2D eigenvalue weighted by Crippen LogP contribution is 2.51. The summed E-state index contributed by atoms with van der Waals surface area (Å²) in [6, 6.07) is 0.819. The minimum atomic E-state index is -4.45. The van der Waals surface area contributed by atoms with E-state index in [4.69, 9.17) is 10.6 Å². The van der Waals surface area contributed by atoms with Crippen LogP contribution in [0.1, 0.15) is 41.2 Å². The Morgan fingerprint density at radius 1 is 1.50 bits per heavy atom. The van der Waals surface area contributed by atoms with E-state index < -0.39 is 22.8 Å². The Hall–Kier alpha value is -1.33. The Balaban J connectivity index is 2.03. The predicted octanol–water partition coefficient (Wildman–Crippen LogP) is 1.69. The van der Waals surface area contributed by atoms with Crippen molar-refractivity contribution in [3.05, 3.63) is 33.3 Å². The third-order valence-electron chi connectivity index (χ3n) is 4.83. The number of piperidine rings is 1. The van der Waals surface area contributed by atoms with E-state index in [-0.39, 0.29) is 18.7 Å². The lowest BCUT2D eigenvalue weighted by Gasteiger charge is -2.47. The van der Waals surface area contributed by atoms with Crippen molar-refractivity contribution in [3.8, 4) is 0 Å². The van der Waals surface area contributed by atoms with Crippen molar-refractivity contribution < 1.29 is 23.0 Å². The highest BCUT2D eigenvalue weighted by atomic mass is 32.1. The molecule has 3 rings (SSSR count).